The first kappa shape index (κ1) is 17.3. The molecule has 0 fully saturated rings. The number of hydrogen-bond acceptors (Lipinski definition) is 5. The summed E-state index contributed by atoms with van der Waals surface area (Å²) in [5, 5.41) is 0. The molecule has 0 aromatic carbocycles. The van der Waals surface area contributed by atoms with Crippen LogP contribution in [0.3, 0.4) is 0 Å². The molecule has 1 N–H and O–H groups in total. The lowest BCUT2D eigenvalue weighted by atomic mass is 10.3. The van der Waals surface area contributed by atoms with Crippen molar-refractivity contribution in [1.82, 2.24) is 4.72 Å². The Hall–Kier alpha value is -0.660. The third-order valence-corrected chi connectivity index (χ3v) is 3.63. The van der Waals surface area contributed by atoms with Crippen LogP contribution in [0.5, 0.6) is 0 Å². The molecular formula is C11H23NO5S. The van der Waals surface area contributed by atoms with E-state index in [1.54, 1.807) is 0 Å². The Morgan fingerprint density at radius 1 is 1.22 bits per heavy atom. The molecule has 0 saturated carbocycles. The molecule has 0 atom stereocenters. The van der Waals surface area contributed by atoms with Crippen LogP contribution in [0.15, 0.2) is 0 Å². The van der Waals surface area contributed by atoms with Crippen LogP contribution in [0.4, 0.5) is 0 Å². The summed E-state index contributed by atoms with van der Waals surface area (Å²) in [5.41, 5.74) is 0. The Morgan fingerprint density at radius 2 is 1.94 bits per heavy atom. The summed E-state index contributed by atoms with van der Waals surface area (Å²) in [6, 6.07) is 0. The van der Waals surface area contributed by atoms with Crippen molar-refractivity contribution in [3.63, 3.8) is 0 Å². The van der Waals surface area contributed by atoms with Crippen molar-refractivity contribution < 1.29 is 22.7 Å². The average Bonchev–Trinajstić information content (AvgIpc) is 2.33. The molecule has 0 aliphatic rings. The molecule has 0 unspecified atom stereocenters. The Balaban J connectivity index is 3.58. The van der Waals surface area contributed by atoms with Gasteiger partial charge in [0.1, 0.15) is 0 Å². The number of methoxy groups -OCH3 is 1. The van der Waals surface area contributed by atoms with Crippen molar-refractivity contribution in [1.29, 1.82) is 0 Å². The lowest BCUT2D eigenvalue weighted by molar-refractivity contribution is -0.140. The second-order valence-corrected chi connectivity index (χ2v) is 5.79. The number of rotatable bonds is 11. The molecule has 108 valence electrons. The molecule has 0 aromatic heterocycles. The number of esters is 1. The van der Waals surface area contributed by atoms with Crippen molar-refractivity contribution in [2.24, 2.45) is 0 Å². The summed E-state index contributed by atoms with van der Waals surface area (Å²) in [5.74, 6) is -0.448. The van der Waals surface area contributed by atoms with Crippen LogP contribution in [-0.4, -0.2) is 47.0 Å². The Labute approximate surface area is 109 Å². The molecule has 0 amide bonds. The second kappa shape index (κ2) is 10.3. The fourth-order valence-corrected chi connectivity index (χ4v) is 2.35. The minimum Gasteiger partial charge on any atom is -0.469 e. The quantitative estimate of drug-likeness (QED) is 0.445. The zero-order chi connectivity index (χ0) is 13.9. The minimum absolute atomic E-state index is 0.0576. The Kier molecular flexibility index (Phi) is 9.90. The second-order valence-electron chi connectivity index (χ2n) is 3.86. The number of hydrogen-bond donors (Lipinski definition) is 1. The van der Waals surface area contributed by atoms with Crippen molar-refractivity contribution in [3.05, 3.63) is 0 Å². The van der Waals surface area contributed by atoms with E-state index in [-0.39, 0.29) is 18.6 Å². The van der Waals surface area contributed by atoms with E-state index < -0.39 is 16.0 Å². The van der Waals surface area contributed by atoms with Gasteiger partial charge in [-0.25, -0.2) is 13.1 Å². The van der Waals surface area contributed by atoms with Crippen LogP contribution in [-0.2, 0) is 24.3 Å². The first-order chi connectivity index (χ1) is 8.52. The Bertz CT molecular complexity index is 315. The van der Waals surface area contributed by atoms with Gasteiger partial charge in [-0.2, -0.15) is 0 Å². The normalized spacial score (nSPS) is 11.4. The zero-order valence-electron chi connectivity index (χ0n) is 11.1. The Morgan fingerprint density at radius 3 is 2.56 bits per heavy atom. The maximum absolute atomic E-state index is 11.5. The topological polar surface area (TPSA) is 81.7 Å². The van der Waals surface area contributed by atoms with E-state index in [9.17, 15) is 13.2 Å². The van der Waals surface area contributed by atoms with Gasteiger partial charge in [0.15, 0.2) is 0 Å². The third-order valence-electron chi connectivity index (χ3n) is 2.16. The molecule has 0 bridgehead atoms. The summed E-state index contributed by atoms with van der Waals surface area (Å²) in [6.07, 6.45) is 2.00. The van der Waals surface area contributed by atoms with Crippen molar-refractivity contribution in [3.8, 4) is 0 Å². The smallest absolute Gasteiger partial charge is 0.305 e. The first-order valence-corrected chi connectivity index (χ1v) is 7.79. The summed E-state index contributed by atoms with van der Waals surface area (Å²) in [6.45, 7) is 3.64. The molecule has 0 spiro atoms. The fraction of sp³-hybridized carbons (Fsp3) is 0.909. The summed E-state index contributed by atoms with van der Waals surface area (Å²) in [7, 11) is -2.01. The van der Waals surface area contributed by atoms with Crippen molar-refractivity contribution in [2.45, 2.75) is 32.6 Å². The highest BCUT2D eigenvalue weighted by Crippen LogP contribution is 1.96. The SMILES string of the molecule is CCCOCCCNS(=O)(=O)CCCC(=O)OC. The van der Waals surface area contributed by atoms with Crippen LogP contribution < -0.4 is 4.72 Å². The van der Waals surface area contributed by atoms with Gasteiger partial charge in [-0.15, -0.1) is 0 Å². The highest BCUT2D eigenvalue weighted by molar-refractivity contribution is 7.89. The van der Waals surface area contributed by atoms with Crippen molar-refractivity contribution in [2.75, 3.05) is 32.6 Å². The number of nitrogens with one attached hydrogen (secondary N) is 1. The van der Waals surface area contributed by atoms with Gasteiger partial charge in [0.05, 0.1) is 12.9 Å². The fourth-order valence-electron chi connectivity index (χ4n) is 1.23. The van der Waals surface area contributed by atoms with E-state index in [4.69, 9.17) is 4.74 Å². The summed E-state index contributed by atoms with van der Waals surface area (Å²) >= 11 is 0. The molecule has 0 saturated heterocycles. The zero-order valence-corrected chi connectivity index (χ0v) is 11.9. The van der Waals surface area contributed by atoms with E-state index in [0.29, 0.717) is 26.2 Å². The van der Waals surface area contributed by atoms with E-state index >= 15 is 0 Å². The first-order valence-electron chi connectivity index (χ1n) is 6.13. The molecule has 7 heteroatoms. The molecule has 18 heavy (non-hydrogen) atoms. The van der Waals surface area contributed by atoms with E-state index in [1.165, 1.54) is 7.11 Å². The molecule has 0 aliphatic heterocycles. The predicted molar refractivity (Wildman–Crippen MR) is 68.8 cm³/mol. The van der Waals surface area contributed by atoms with Crippen LogP contribution in [0, 0.1) is 0 Å². The lowest BCUT2D eigenvalue weighted by Gasteiger charge is -2.06. The number of ether oxygens (including phenoxy) is 2. The molecule has 6 nitrogen and oxygen atoms in total. The van der Waals surface area contributed by atoms with Gasteiger partial charge < -0.3 is 9.47 Å². The van der Waals surface area contributed by atoms with E-state index in [1.807, 2.05) is 6.92 Å². The maximum atomic E-state index is 11.5. The monoisotopic (exact) mass is 281 g/mol. The van der Waals surface area contributed by atoms with E-state index in [0.717, 1.165) is 6.42 Å². The largest absolute Gasteiger partial charge is 0.469 e. The molecule has 0 heterocycles. The summed E-state index contributed by atoms with van der Waals surface area (Å²) in [4.78, 5) is 10.8. The van der Waals surface area contributed by atoms with Gasteiger partial charge in [0, 0.05) is 26.2 Å². The van der Waals surface area contributed by atoms with Gasteiger partial charge in [0.2, 0.25) is 10.0 Å². The van der Waals surface area contributed by atoms with Gasteiger partial charge in [0.25, 0.3) is 0 Å². The number of sulfonamides is 1. The molecule has 0 aliphatic carbocycles. The molecule has 0 rings (SSSR count). The van der Waals surface area contributed by atoms with Crippen molar-refractivity contribution >= 4 is 16.0 Å². The standard InChI is InChI=1S/C11H23NO5S/c1-3-8-17-9-5-7-12-18(14,15)10-4-6-11(13)16-2/h12H,3-10H2,1-2H3. The van der Waals surface area contributed by atoms with Gasteiger partial charge >= 0.3 is 5.97 Å². The van der Waals surface area contributed by atoms with E-state index in [2.05, 4.69) is 9.46 Å². The van der Waals surface area contributed by atoms with Crippen LogP contribution in [0.1, 0.15) is 32.6 Å². The average molecular weight is 281 g/mol. The maximum Gasteiger partial charge on any atom is 0.305 e. The highest BCUT2D eigenvalue weighted by Gasteiger charge is 2.10. The third kappa shape index (κ3) is 10.5. The van der Waals surface area contributed by atoms with Crippen LogP contribution in [0.25, 0.3) is 0 Å². The minimum atomic E-state index is -3.29. The highest BCUT2D eigenvalue weighted by atomic mass is 32.2. The van der Waals surface area contributed by atoms with Crippen LogP contribution >= 0.6 is 0 Å². The van der Waals surface area contributed by atoms with Gasteiger partial charge in [-0.05, 0) is 19.3 Å². The predicted octanol–water partition coefficient (Wildman–Crippen LogP) is 0.676. The van der Waals surface area contributed by atoms with Crippen LogP contribution in [0.2, 0.25) is 0 Å². The van der Waals surface area contributed by atoms with Gasteiger partial charge in [-0.1, -0.05) is 6.92 Å². The lowest BCUT2D eigenvalue weighted by Crippen LogP contribution is -2.28. The molecular weight excluding hydrogens is 258 g/mol. The molecule has 0 aromatic rings. The molecule has 0 radical (unpaired) electrons. The van der Waals surface area contributed by atoms with Gasteiger partial charge in [-0.3, -0.25) is 4.79 Å². The number of carbonyl (C=O) groups excluding carboxylic acids is 1. The number of carbonyl (C=O) groups is 1. The summed E-state index contributed by atoms with van der Waals surface area (Å²) < 4.78 is 35.1.